The zero-order chi connectivity index (χ0) is 14.8. The van der Waals surface area contributed by atoms with Crippen molar-refractivity contribution in [2.45, 2.75) is 13.2 Å². The Kier molecular flexibility index (Phi) is 5.73. The summed E-state index contributed by atoms with van der Waals surface area (Å²) in [5.74, 6) is 0. The maximum atomic E-state index is 11.3. The van der Waals surface area contributed by atoms with Crippen molar-refractivity contribution in [1.29, 1.82) is 0 Å². The molecule has 0 atom stereocenters. The third-order valence-electron chi connectivity index (χ3n) is 2.53. The predicted octanol–water partition coefficient (Wildman–Crippen LogP) is 3.63. The van der Waals surface area contributed by atoms with Crippen LogP contribution < -0.4 is 0 Å². The van der Waals surface area contributed by atoms with Crippen LogP contribution in [0.25, 0.3) is 0 Å². The number of benzene rings is 2. The third kappa shape index (κ3) is 5.72. The van der Waals surface area contributed by atoms with Gasteiger partial charge < -0.3 is 9.57 Å². The van der Waals surface area contributed by atoms with E-state index in [9.17, 15) is 4.79 Å². The zero-order valence-corrected chi connectivity index (χ0v) is 11.3. The van der Waals surface area contributed by atoms with E-state index in [1.54, 1.807) is 0 Å². The van der Waals surface area contributed by atoms with Gasteiger partial charge in [-0.15, -0.1) is 4.99 Å². The Labute approximate surface area is 122 Å². The molecule has 0 radical (unpaired) electrons. The smallest absolute Gasteiger partial charge is 0.443 e. The fourth-order valence-electron chi connectivity index (χ4n) is 1.52. The van der Waals surface area contributed by atoms with Crippen LogP contribution in [0.5, 0.6) is 0 Å². The Morgan fingerprint density at radius 1 is 0.905 bits per heavy atom. The molecule has 0 bridgehead atoms. The van der Waals surface area contributed by atoms with Crippen LogP contribution in [-0.4, -0.2) is 12.1 Å². The van der Waals surface area contributed by atoms with Crippen molar-refractivity contribution in [2.75, 3.05) is 0 Å². The lowest BCUT2D eigenvalue weighted by Gasteiger charge is -1.99. The van der Waals surface area contributed by atoms with E-state index in [4.69, 9.17) is 9.57 Å². The number of hydrogen-bond acceptors (Lipinski definition) is 4. The second kappa shape index (κ2) is 8.30. The lowest BCUT2D eigenvalue weighted by atomic mass is 10.2. The highest BCUT2D eigenvalue weighted by Gasteiger charge is 1.98. The first-order valence-electron chi connectivity index (χ1n) is 6.37. The summed E-state index contributed by atoms with van der Waals surface area (Å²) in [6.45, 7) is 0.456. The summed E-state index contributed by atoms with van der Waals surface area (Å²) >= 11 is 0. The lowest BCUT2D eigenvalue weighted by molar-refractivity contribution is 0.131. The SMILES string of the molecule is O=C(N=C=NOCc1ccccc1)OCc1ccccc1. The number of aliphatic imine (C=N–C) groups is 1. The van der Waals surface area contributed by atoms with Gasteiger partial charge in [0, 0.05) is 0 Å². The van der Waals surface area contributed by atoms with Crippen LogP contribution in [-0.2, 0) is 22.8 Å². The van der Waals surface area contributed by atoms with E-state index in [1.807, 2.05) is 60.7 Å². The van der Waals surface area contributed by atoms with Gasteiger partial charge in [-0.05, 0) is 16.3 Å². The van der Waals surface area contributed by atoms with Crippen LogP contribution in [0.2, 0.25) is 0 Å². The molecular weight excluding hydrogens is 268 g/mol. The molecule has 0 fully saturated rings. The molecule has 0 aromatic heterocycles. The van der Waals surface area contributed by atoms with E-state index in [2.05, 4.69) is 16.2 Å². The van der Waals surface area contributed by atoms with Gasteiger partial charge in [-0.25, -0.2) is 4.79 Å². The summed E-state index contributed by atoms with van der Waals surface area (Å²) < 4.78 is 4.91. The first-order valence-corrected chi connectivity index (χ1v) is 6.37. The van der Waals surface area contributed by atoms with E-state index in [0.717, 1.165) is 11.1 Å². The topological polar surface area (TPSA) is 60.2 Å². The minimum atomic E-state index is -0.758. The summed E-state index contributed by atoms with van der Waals surface area (Å²) in [4.78, 5) is 19.6. The Morgan fingerprint density at radius 2 is 1.48 bits per heavy atom. The normalized spacial score (nSPS) is 9.33. The van der Waals surface area contributed by atoms with Crippen molar-refractivity contribution in [3.05, 3.63) is 71.8 Å². The van der Waals surface area contributed by atoms with Crippen LogP contribution in [0.3, 0.4) is 0 Å². The number of carbonyl (C=O) groups excluding carboxylic acids is 1. The second-order valence-electron chi connectivity index (χ2n) is 4.10. The fraction of sp³-hybridized carbons (Fsp3) is 0.125. The molecular formula is C16H14N2O3. The molecule has 106 valence electrons. The number of hydrogen-bond donors (Lipinski definition) is 0. The lowest BCUT2D eigenvalue weighted by Crippen LogP contribution is -1.98. The molecule has 5 heteroatoms. The highest BCUT2D eigenvalue weighted by molar-refractivity contribution is 5.75. The van der Waals surface area contributed by atoms with Crippen LogP contribution in [0, 0.1) is 0 Å². The second-order valence-corrected chi connectivity index (χ2v) is 4.10. The first kappa shape index (κ1) is 14.5. The van der Waals surface area contributed by atoms with E-state index >= 15 is 0 Å². The quantitative estimate of drug-likeness (QED) is 0.621. The molecule has 0 N–H and O–H groups in total. The molecule has 0 aliphatic heterocycles. The Hall–Kier alpha value is -2.91. The molecule has 0 heterocycles. The van der Waals surface area contributed by atoms with Gasteiger partial charge in [-0.3, -0.25) is 0 Å². The van der Waals surface area contributed by atoms with E-state index in [1.165, 1.54) is 0 Å². The van der Waals surface area contributed by atoms with Crippen molar-refractivity contribution < 1.29 is 14.4 Å². The minimum Gasteiger partial charge on any atom is -0.443 e. The number of ether oxygens (including phenoxy) is 1. The standard InChI is InChI=1S/C16H14N2O3/c19-16(20-11-14-7-3-1-4-8-14)17-13-18-21-12-15-9-5-2-6-10-15/h1-10H,11-12H2. The van der Waals surface area contributed by atoms with Gasteiger partial charge in [0.05, 0.1) is 0 Å². The summed E-state index contributed by atoms with van der Waals surface area (Å²) in [6.07, 6.45) is -0.758. The average molecular weight is 282 g/mol. The maximum absolute atomic E-state index is 11.3. The van der Waals surface area contributed by atoms with Crippen molar-refractivity contribution in [1.82, 2.24) is 0 Å². The molecule has 2 aromatic carbocycles. The van der Waals surface area contributed by atoms with Crippen molar-refractivity contribution in [3.63, 3.8) is 0 Å². The minimum absolute atomic E-state index is 0.162. The van der Waals surface area contributed by atoms with E-state index in [0.29, 0.717) is 6.61 Å². The van der Waals surface area contributed by atoms with Crippen LogP contribution >= 0.6 is 0 Å². The van der Waals surface area contributed by atoms with Crippen LogP contribution in [0.1, 0.15) is 11.1 Å². The van der Waals surface area contributed by atoms with Gasteiger partial charge >= 0.3 is 6.09 Å². The number of carbonyl (C=O) groups is 1. The Bertz CT molecular complexity index is 620. The van der Waals surface area contributed by atoms with Gasteiger partial charge in [-0.1, -0.05) is 60.7 Å². The molecule has 0 aliphatic rings. The first-order chi connectivity index (χ1) is 10.3. The van der Waals surface area contributed by atoms with Crippen molar-refractivity contribution in [3.8, 4) is 0 Å². The monoisotopic (exact) mass is 282 g/mol. The molecule has 21 heavy (non-hydrogen) atoms. The summed E-state index contributed by atoms with van der Waals surface area (Å²) in [5, 5.41) is 3.44. The third-order valence-corrected chi connectivity index (χ3v) is 2.53. The van der Waals surface area contributed by atoms with Gasteiger partial charge in [0.15, 0.2) is 0 Å². The molecule has 0 aliphatic carbocycles. The molecule has 0 spiro atoms. The van der Waals surface area contributed by atoms with E-state index in [-0.39, 0.29) is 6.61 Å². The average Bonchev–Trinajstić information content (AvgIpc) is 2.54. The molecule has 2 rings (SSSR count). The molecule has 0 saturated heterocycles. The number of nitrogens with zero attached hydrogens (tertiary/aromatic N) is 2. The highest BCUT2D eigenvalue weighted by Crippen LogP contribution is 2.01. The number of amides is 1. The summed E-state index contributed by atoms with van der Waals surface area (Å²) in [7, 11) is 0. The Morgan fingerprint density at radius 3 is 2.10 bits per heavy atom. The van der Waals surface area contributed by atoms with Crippen molar-refractivity contribution >= 4 is 12.1 Å². The molecule has 2 aromatic rings. The van der Waals surface area contributed by atoms with Gasteiger partial charge in [0.2, 0.25) is 0 Å². The van der Waals surface area contributed by atoms with Gasteiger partial charge in [0.1, 0.15) is 19.2 Å². The number of rotatable bonds is 5. The van der Waals surface area contributed by atoms with Gasteiger partial charge in [-0.2, -0.15) is 0 Å². The summed E-state index contributed by atoms with van der Waals surface area (Å²) in [5.41, 5.74) is 1.85. The predicted molar refractivity (Wildman–Crippen MR) is 77.7 cm³/mol. The zero-order valence-electron chi connectivity index (χ0n) is 11.3. The molecule has 0 unspecified atom stereocenters. The molecule has 0 saturated carbocycles. The summed E-state index contributed by atoms with van der Waals surface area (Å²) in [6, 6.07) is 21.0. The molecule has 5 nitrogen and oxygen atoms in total. The highest BCUT2D eigenvalue weighted by atomic mass is 16.6. The maximum Gasteiger partial charge on any atom is 0.443 e. The van der Waals surface area contributed by atoms with Crippen LogP contribution in [0.15, 0.2) is 70.8 Å². The molecule has 1 amide bonds. The Balaban J connectivity index is 1.70. The van der Waals surface area contributed by atoms with Gasteiger partial charge in [0.25, 0.3) is 0 Å². The van der Waals surface area contributed by atoms with Crippen LogP contribution in [0.4, 0.5) is 4.79 Å². The van der Waals surface area contributed by atoms with Crippen molar-refractivity contribution in [2.24, 2.45) is 10.1 Å². The van der Waals surface area contributed by atoms with E-state index < -0.39 is 6.09 Å². The largest absolute Gasteiger partial charge is 0.443 e. The fourth-order valence-corrected chi connectivity index (χ4v) is 1.52.